The Morgan fingerprint density at radius 1 is 1.60 bits per heavy atom. The Kier molecular flexibility index (Phi) is 4.54. The van der Waals surface area contributed by atoms with Crippen molar-refractivity contribution < 1.29 is 4.79 Å². The summed E-state index contributed by atoms with van der Waals surface area (Å²) in [6.07, 6.45) is 0. The highest BCUT2D eigenvalue weighted by Gasteiger charge is 2.31. The summed E-state index contributed by atoms with van der Waals surface area (Å²) in [6.45, 7) is 8.97. The summed E-state index contributed by atoms with van der Waals surface area (Å²) < 4.78 is 0. The summed E-state index contributed by atoms with van der Waals surface area (Å²) in [5.74, 6) is 0.681. The van der Waals surface area contributed by atoms with Crippen LogP contribution in [-0.2, 0) is 4.79 Å². The maximum Gasteiger partial charge on any atom is 0.238 e. The van der Waals surface area contributed by atoms with Crippen molar-refractivity contribution in [2.24, 2.45) is 5.92 Å². The Labute approximate surface area is 92.4 Å². The third kappa shape index (κ3) is 3.18. The van der Waals surface area contributed by atoms with Crippen molar-refractivity contribution in [1.29, 1.82) is 0 Å². The fraction of sp³-hybridized carbons (Fsp3) is 0.909. The molecule has 0 aromatic carbocycles. The Morgan fingerprint density at radius 3 is 2.80 bits per heavy atom. The van der Waals surface area contributed by atoms with Crippen LogP contribution < -0.4 is 10.6 Å². The average Bonchev–Trinajstić information content (AvgIpc) is 2.31. The minimum absolute atomic E-state index is 0.0278. The highest BCUT2D eigenvalue weighted by atomic mass is 16.2. The van der Waals surface area contributed by atoms with Gasteiger partial charge < -0.3 is 10.6 Å². The van der Waals surface area contributed by atoms with E-state index < -0.39 is 0 Å². The number of amides is 1. The molecule has 15 heavy (non-hydrogen) atoms. The van der Waals surface area contributed by atoms with Gasteiger partial charge in [-0.2, -0.15) is 0 Å². The number of nitrogens with zero attached hydrogens (tertiary/aromatic N) is 1. The maximum absolute atomic E-state index is 11.9. The number of carbonyl (C=O) groups excluding carboxylic acids is 1. The molecule has 88 valence electrons. The molecular formula is C11H23N3O. The average molecular weight is 213 g/mol. The largest absolute Gasteiger partial charge is 0.354 e. The highest BCUT2D eigenvalue weighted by molar-refractivity contribution is 5.82. The van der Waals surface area contributed by atoms with Crippen molar-refractivity contribution in [2.45, 2.75) is 32.9 Å². The molecule has 0 bridgehead atoms. The van der Waals surface area contributed by atoms with Gasteiger partial charge in [0.1, 0.15) is 6.04 Å². The molecule has 4 heteroatoms. The summed E-state index contributed by atoms with van der Waals surface area (Å²) in [5, 5.41) is 6.09. The van der Waals surface area contributed by atoms with Crippen LogP contribution in [0.25, 0.3) is 0 Å². The molecule has 0 aliphatic carbocycles. The van der Waals surface area contributed by atoms with E-state index in [4.69, 9.17) is 0 Å². The van der Waals surface area contributed by atoms with Crippen molar-refractivity contribution in [3.8, 4) is 0 Å². The van der Waals surface area contributed by atoms with Gasteiger partial charge in [-0.3, -0.25) is 9.69 Å². The molecule has 1 heterocycles. The van der Waals surface area contributed by atoms with Crippen LogP contribution in [0.3, 0.4) is 0 Å². The normalized spacial score (nSPS) is 29.0. The first-order chi connectivity index (χ1) is 7.06. The van der Waals surface area contributed by atoms with E-state index in [0.717, 1.165) is 19.6 Å². The SMILES string of the molecule is CNCC1C(=O)NCC(C)CN1C(C)C. The molecule has 0 spiro atoms. The fourth-order valence-electron chi connectivity index (χ4n) is 2.07. The third-order valence-electron chi connectivity index (χ3n) is 2.91. The van der Waals surface area contributed by atoms with E-state index in [0.29, 0.717) is 12.0 Å². The van der Waals surface area contributed by atoms with E-state index >= 15 is 0 Å². The topological polar surface area (TPSA) is 44.4 Å². The van der Waals surface area contributed by atoms with Crippen LogP contribution in [0.15, 0.2) is 0 Å². The third-order valence-corrected chi connectivity index (χ3v) is 2.91. The van der Waals surface area contributed by atoms with Crippen LogP contribution in [-0.4, -0.2) is 49.6 Å². The Bertz CT molecular complexity index is 218. The molecule has 0 saturated carbocycles. The van der Waals surface area contributed by atoms with E-state index in [1.807, 2.05) is 7.05 Å². The lowest BCUT2D eigenvalue weighted by Gasteiger charge is -2.32. The number of rotatable bonds is 3. The van der Waals surface area contributed by atoms with Crippen molar-refractivity contribution in [2.75, 3.05) is 26.7 Å². The van der Waals surface area contributed by atoms with E-state index in [-0.39, 0.29) is 11.9 Å². The highest BCUT2D eigenvalue weighted by Crippen LogP contribution is 2.12. The first kappa shape index (κ1) is 12.5. The predicted octanol–water partition coefficient (Wildman–Crippen LogP) is 0.0507. The van der Waals surface area contributed by atoms with Gasteiger partial charge in [0.15, 0.2) is 0 Å². The molecule has 0 aromatic rings. The maximum atomic E-state index is 11.9. The van der Waals surface area contributed by atoms with E-state index in [9.17, 15) is 4.79 Å². The Balaban J connectivity index is 2.78. The lowest BCUT2D eigenvalue weighted by molar-refractivity contribution is -0.125. The van der Waals surface area contributed by atoms with Gasteiger partial charge in [-0.25, -0.2) is 0 Å². The second kappa shape index (κ2) is 5.47. The summed E-state index contributed by atoms with van der Waals surface area (Å²) in [4.78, 5) is 14.2. The zero-order chi connectivity index (χ0) is 11.4. The molecule has 0 radical (unpaired) electrons. The quantitative estimate of drug-likeness (QED) is 0.696. The van der Waals surface area contributed by atoms with Crippen molar-refractivity contribution in [1.82, 2.24) is 15.5 Å². The summed E-state index contributed by atoms with van der Waals surface area (Å²) in [6, 6.07) is 0.384. The summed E-state index contributed by atoms with van der Waals surface area (Å²) >= 11 is 0. The molecule has 4 nitrogen and oxygen atoms in total. The number of carbonyl (C=O) groups is 1. The smallest absolute Gasteiger partial charge is 0.238 e. The molecule has 1 rings (SSSR count). The number of likely N-dealkylation sites (N-methyl/N-ethyl adjacent to an activating group) is 1. The second-order valence-electron chi connectivity index (χ2n) is 4.71. The summed E-state index contributed by atoms with van der Waals surface area (Å²) in [7, 11) is 1.89. The van der Waals surface area contributed by atoms with Crippen LogP contribution in [0.2, 0.25) is 0 Å². The van der Waals surface area contributed by atoms with Gasteiger partial charge in [0.05, 0.1) is 0 Å². The molecule has 2 atom stereocenters. The lowest BCUT2D eigenvalue weighted by atomic mass is 10.1. The van der Waals surface area contributed by atoms with Crippen LogP contribution in [0.4, 0.5) is 0 Å². The van der Waals surface area contributed by atoms with Gasteiger partial charge in [0.25, 0.3) is 0 Å². The molecule has 1 aliphatic rings. The molecule has 1 fully saturated rings. The predicted molar refractivity (Wildman–Crippen MR) is 61.7 cm³/mol. The molecular weight excluding hydrogens is 190 g/mol. The minimum atomic E-state index is -0.0278. The number of nitrogens with one attached hydrogen (secondary N) is 2. The number of hydrogen-bond donors (Lipinski definition) is 2. The van der Waals surface area contributed by atoms with Gasteiger partial charge in [-0.15, -0.1) is 0 Å². The Hall–Kier alpha value is -0.610. The first-order valence-corrected chi connectivity index (χ1v) is 5.74. The zero-order valence-corrected chi connectivity index (χ0v) is 10.2. The monoisotopic (exact) mass is 213 g/mol. The molecule has 2 N–H and O–H groups in total. The first-order valence-electron chi connectivity index (χ1n) is 5.74. The van der Waals surface area contributed by atoms with Crippen molar-refractivity contribution in [3.05, 3.63) is 0 Å². The standard InChI is InChI=1S/C11H23N3O/c1-8(2)14-7-9(3)5-13-11(15)10(14)6-12-4/h8-10,12H,5-7H2,1-4H3,(H,13,15). The molecule has 1 amide bonds. The van der Waals surface area contributed by atoms with Crippen molar-refractivity contribution in [3.63, 3.8) is 0 Å². The van der Waals surface area contributed by atoms with Crippen molar-refractivity contribution >= 4 is 5.91 Å². The van der Waals surface area contributed by atoms with Crippen LogP contribution in [0.5, 0.6) is 0 Å². The number of hydrogen-bond acceptors (Lipinski definition) is 3. The van der Waals surface area contributed by atoms with Crippen LogP contribution in [0.1, 0.15) is 20.8 Å². The minimum Gasteiger partial charge on any atom is -0.354 e. The second-order valence-corrected chi connectivity index (χ2v) is 4.71. The van der Waals surface area contributed by atoms with Gasteiger partial charge >= 0.3 is 0 Å². The summed E-state index contributed by atoms with van der Waals surface area (Å²) in [5.41, 5.74) is 0. The van der Waals surface area contributed by atoms with Crippen LogP contribution in [0, 0.1) is 5.92 Å². The molecule has 1 saturated heterocycles. The zero-order valence-electron chi connectivity index (χ0n) is 10.2. The fourth-order valence-corrected chi connectivity index (χ4v) is 2.07. The van der Waals surface area contributed by atoms with E-state index in [1.54, 1.807) is 0 Å². The van der Waals surface area contributed by atoms with E-state index in [1.165, 1.54) is 0 Å². The molecule has 2 unspecified atom stereocenters. The Morgan fingerprint density at radius 2 is 2.27 bits per heavy atom. The van der Waals surface area contributed by atoms with Gasteiger partial charge in [-0.05, 0) is 26.8 Å². The lowest BCUT2D eigenvalue weighted by Crippen LogP contribution is -2.52. The van der Waals surface area contributed by atoms with E-state index in [2.05, 4.69) is 36.3 Å². The van der Waals surface area contributed by atoms with Crippen LogP contribution >= 0.6 is 0 Å². The molecule has 0 aromatic heterocycles. The van der Waals surface area contributed by atoms with Gasteiger partial charge in [-0.1, -0.05) is 6.92 Å². The van der Waals surface area contributed by atoms with Gasteiger partial charge in [0, 0.05) is 25.7 Å². The molecule has 1 aliphatic heterocycles. The van der Waals surface area contributed by atoms with Gasteiger partial charge in [0.2, 0.25) is 5.91 Å².